The van der Waals surface area contributed by atoms with Crippen LogP contribution in [0.3, 0.4) is 0 Å². The third-order valence-electron chi connectivity index (χ3n) is 5.84. The van der Waals surface area contributed by atoms with Crippen molar-refractivity contribution in [1.82, 2.24) is 14.7 Å². The third kappa shape index (κ3) is 3.78. The maximum Gasteiger partial charge on any atom is 0.277 e. The second kappa shape index (κ2) is 8.78. The lowest BCUT2D eigenvalue weighted by atomic mass is 9.99. The first kappa shape index (κ1) is 20.4. The fourth-order valence-electron chi connectivity index (χ4n) is 4.07. The lowest BCUT2D eigenvalue weighted by Crippen LogP contribution is -2.43. The normalized spacial score (nSPS) is 18.9. The van der Waals surface area contributed by atoms with Crippen LogP contribution in [0.4, 0.5) is 0 Å². The molecule has 6 heteroatoms. The second-order valence-corrected chi connectivity index (χ2v) is 7.68. The molecule has 0 bridgehead atoms. The Balaban J connectivity index is 2.04. The Bertz CT molecular complexity index is 766. The van der Waals surface area contributed by atoms with E-state index in [0.29, 0.717) is 29.1 Å². The summed E-state index contributed by atoms with van der Waals surface area (Å²) in [6.07, 6.45) is 3.70. The average molecular weight is 386 g/mol. The van der Waals surface area contributed by atoms with Crippen molar-refractivity contribution in [2.45, 2.75) is 38.6 Å². The Labute approximate surface area is 167 Å². The number of methoxy groups -OCH3 is 1. The molecular weight excluding hydrogens is 354 g/mol. The van der Waals surface area contributed by atoms with Crippen LogP contribution in [-0.2, 0) is 9.59 Å². The van der Waals surface area contributed by atoms with Gasteiger partial charge in [0.2, 0.25) is 0 Å². The third-order valence-corrected chi connectivity index (χ3v) is 5.84. The molecule has 1 saturated heterocycles. The molecule has 0 radical (unpaired) electrons. The summed E-state index contributed by atoms with van der Waals surface area (Å²) in [5.41, 5.74) is 1.68. The number of para-hydroxylation sites is 1. The lowest BCUT2D eigenvalue weighted by Gasteiger charge is -2.36. The lowest BCUT2D eigenvalue weighted by molar-refractivity contribution is -0.137. The molecular formula is C22H31N3O3. The highest BCUT2D eigenvalue weighted by molar-refractivity contribution is 6.36. The summed E-state index contributed by atoms with van der Waals surface area (Å²) in [6.45, 7) is 4.50. The van der Waals surface area contributed by atoms with E-state index in [1.807, 2.05) is 36.2 Å². The topological polar surface area (TPSA) is 53.1 Å². The van der Waals surface area contributed by atoms with Gasteiger partial charge in [-0.1, -0.05) is 31.5 Å². The first-order valence-corrected chi connectivity index (χ1v) is 10.1. The van der Waals surface area contributed by atoms with Crippen molar-refractivity contribution in [2.24, 2.45) is 0 Å². The number of ether oxygens (including phenoxy) is 1. The number of hydrogen-bond acceptors (Lipinski definition) is 5. The van der Waals surface area contributed by atoms with Crippen LogP contribution in [0.1, 0.15) is 38.2 Å². The molecule has 6 nitrogen and oxygen atoms in total. The van der Waals surface area contributed by atoms with E-state index >= 15 is 0 Å². The molecule has 2 amide bonds. The van der Waals surface area contributed by atoms with E-state index in [0.717, 1.165) is 38.8 Å². The van der Waals surface area contributed by atoms with E-state index in [-0.39, 0.29) is 17.9 Å². The number of amides is 2. The van der Waals surface area contributed by atoms with Crippen molar-refractivity contribution in [2.75, 3.05) is 40.8 Å². The van der Waals surface area contributed by atoms with Gasteiger partial charge in [-0.2, -0.15) is 0 Å². The van der Waals surface area contributed by atoms with Gasteiger partial charge in [-0.3, -0.25) is 14.5 Å². The Morgan fingerprint density at radius 2 is 1.82 bits per heavy atom. The van der Waals surface area contributed by atoms with Crippen LogP contribution in [0.2, 0.25) is 0 Å². The minimum Gasteiger partial charge on any atom is -0.496 e. The monoisotopic (exact) mass is 385 g/mol. The first-order valence-electron chi connectivity index (χ1n) is 10.1. The summed E-state index contributed by atoms with van der Waals surface area (Å²) in [5, 5.41) is 0. The van der Waals surface area contributed by atoms with E-state index in [4.69, 9.17) is 4.74 Å². The highest BCUT2D eigenvalue weighted by atomic mass is 16.5. The summed E-state index contributed by atoms with van der Waals surface area (Å²) in [7, 11) is 5.66. The number of benzene rings is 1. The van der Waals surface area contributed by atoms with E-state index < -0.39 is 0 Å². The Morgan fingerprint density at radius 1 is 1.14 bits per heavy atom. The largest absolute Gasteiger partial charge is 0.496 e. The van der Waals surface area contributed by atoms with E-state index in [1.54, 1.807) is 7.11 Å². The summed E-state index contributed by atoms with van der Waals surface area (Å²) in [6, 6.07) is 7.70. The van der Waals surface area contributed by atoms with Crippen LogP contribution in [-0.4, -0.2) is 73.4 Å². The highest BCUT2D eigenvalue weighted by Crippen LogP contribution is 2.37. The smallest absolute Gasteiger partial charge is 0.277 e. The van der Waals surface area contributed by atoms with Crippen LogP contribution in [0.15, 0.2) is 30.0 Å². The molecule has 3 rings (SSSR count). The van der Waals surface area contributed by atoms with Gasteiger partial charge in [0.05, 0.1) is 12.7 Å². The standard InChI is InChI=1S/C22H31N3O3/c1-5-6-13-25-21(26)19(17-9-7-8-10-18(17)28-4)20(22(25)27)24(3)16-11-14-23(2)15-12-16/h7-10,16H,5-6,11-15H2,1-4H3. The molecule has 1 aromatic carbocycles. The summed E-state index contributed by atoms with van der Waals surface area (Å²) < 4.78 is 5.50. The number of piperidine rings is 1. The molecule has 0 aromatic heterocycles. The van der Waals surface area contributed by atoms with Gasteiger partial charge in [-0.05, 0) is 45.5 Å². The van der Waals surface area contributed by atoms with Crippen molar-refractivity contribution >= 4 is 17.4 Å². The molecule has 1 aromatic rings. The van der Waals surface area contributed by atoms with Gasteiger partial charge in [-0.15, -0.1) is 0 Å². The van der Waals surface area contributed by atoms with Gasteiger partial charge < -0.3 is 14.5 Å². The highest BCUT2D eigenvalue weighted by Gasteiger charge is 2.42. The maximum atomic E-state index is 13.3. The number of likely N-dealkylation sites (N-methyl/N-ethyl adjacent to an activating group) is 1. The number of unbranched alkanes of at least 4 members (excludes halogenated alkanes) is 1. The van der Waals surface area contributed by atoms with Crippen molar-refractivity contribution < 1.29 is 14.3 Å². The molecule has 0 atom stereocenters. The number of likely N-dealkylation sites (tertiary alicyclic amines) is 1. The number of hydrogen-bond donors (Lipinski definition) is 0. The molecule has 28 heavy (non-hydrogen) atoms. The van der Waals surface area contributed by atoms with Crippen molar-refractivity contribution in [3.8, 4) is 5.75 Å². The Kier molecular flexibility index (Phi) is 6.39. The van der Waals surface area contributed by atoms with Crippen LogP contribution >= 0.6 is 0 Å². The maximum absolute atomic E-state index is 13.3. The Hall–Kier alpha value is -2.34. The van der Waals surface area contributed by atoms with Crippen LogP contribution < -0.4 is 4.74 Å². The number of nitrogens with zero attached hydrogens (tertiary/aromatic N) is 3. The van der Waals surface area contributed by atoms with Gasteiger partial charge in [0.15, 0.2) is 0 Å². The SMILES string of the molecule is CCCCN1C(=O)C(c2ccccc2OC)=C(N(C)C2CCN(C)CC2)C1=O. The fraction of sp³-hybridized carbons (Fsp3) is 0.545. The fourth-order valence-corrected chi connectivity index (χ4v) is 4.07. The molecule has 0 aliphatic carbocycles. The van der Waals surface area contributed by atoms with Crippen LogP contribution in [0, 0.1) is 0 Å². The molecule has 0 saturated carbocycles. The molecule has 152 valence electrons. The summed E-state index contributed by atoms with van der Waals surface area (Å²) in [4.78, 5) is 32.4. The predicted octanol–water partition coefficient (Wildman–Crippen LogP) is 2.60. The quantitative estimate of drug-likeness (QED) is 0.676. The molecule has 2 aliphatic heterocycles. The first-order chi connectivity index (χ1) is 13.5. The molecule has 2 heterocycles. The number of carbonyl (C=O) groups excluding carboxylic acids is 2. The minimum absolute atomic E-state index is 0.180. The second-order valence-electron chi connectivity index (χ2n) is 7.68. The minimum atomic E-state index is -0.210. The number of rotatable bonds is 7. The van der Waals surface area contributed by atoms with Crippen LogP contribution in [0.25, 0.3) is 5.57 Å². The zero-order valence-corrected chi connectivity index (χ0v) is 17.4. The molecule has 0 spiro atoms. The van der Waals surface area contributed by atoms with Gasteiger partial charge in [0, 0.05) is 25.2 Å². The van der Waals surface area contributed by atoms with Crippen LogP contribution in [0.5, 0.6) is 5.75 Å². The zero-order chi connectivity index (χ0) is 20.3. The van der Waals surface area contributed by atoms with E-state index in [2.05, 4.69) is 18.9 Å². The summed E-state index contributed by atoms with van der Waals surface area (Å²) >= 11 is 0. The number of imide groups is 1. The molecule has 0 unspecified atom stereocenters. The number of carbonyl (C=O) groups is 2. The zero-order valence-electron chi connectivity index (χ0n) is 17.4. The van der Waals surface area contributed by atoms with Crippen molar-refractivity contribution in [1.29, 1.82) is 0 Å². The molecule has 2 aliphatic rings. The van der Waals surface area contributed by atoms with Gasteiger partial charge >= 0.3 is 0 Å². The van der Waals surface area contributed by atoms with E-state index in [9.17, 15) is 9.59 Å². The summed E-state index contributed by atoms with van der Waals surface area (Å²) in [5.74, 6) is 0.226. The molecule has 1 fully saturated rings. The average Bonchev–Trinajstić information content (AvgIpc) is 2.96. The predicted molar refractivity (Wildman–Crippen MR) is 110 cm³/mol. The van der Waals surface area contributed by atoms with Gasteiger partial charge in [0.1, 0.15) is 11.4 Å². The van der Waals surface area contributed by atoms with Crippen molar-refractivity contribution in [3.63, 3.8) is 0 Å². The van der Waals surface area contributed by atoms with Gasteiger partial charge in [-0.25, -0.2) is 0 Å². The molecule has 0 N–H and O–H groups in total. The van der Waals surface area contributed by atoms with E-state index in [1.165, 1.54) is 4.90 Å². The Morgan fingerprint density at radius 3 is 2.46 bits per heavy atom. The van der Waals surface area contributed by atoms with Gasteiger partial charge in [0.25, 0.3) is 11.8 Å². The van der Waals surface area contributed by atoms with Crippen molar-refractivity contribution in [3.05, 3.63) is 35.5 Å².